The Bertz CT molecular complexity index is 2650. The quantitative estimate of drug-likeness (QED) is 0.0512. The highest BCUT2D eigenvalue weighted by Crippen LogP contribution is 2.43. The normalized spacial score (nSPS) is 15.2. The lowest BCUT2D eigenvalue weighted by molar-refractivity contribution is -0.128. The van der Waals surface area contributed by atoms with Gasteiger partial charge in [0, 0.05) is 68.2 Å². The Balaban J connectivity index is 0.000000352. The molecular formula is C58H78F2N6O9S. The van der Waals surface area contributed by atoms with Gasteiger partial charge in [0.15, 0.2) is 24.1 Å². The van der Waals surface area contributed by atoms with E-state index in [4.69, 9.17) is 19.7 Å². The molecule has 76 heavy (non-hydrogen) atoms. The second kappa shape index (κ2) is 30.8. The summed E-state index contributed by atoms with van der Waals surface area (Å²) in [5.74, 6) is -0.454. The average Bonchev–Trinajstić information content (AvgIpc) is 3.76. The van der Waals surface area contributed by atoms with Gasteiger partial charge < -0.3 is 40.2 Å². The largest absolute Gasteiger partial charge is 0.481 e. The number of aldehydes is 3. The van der Waals surface area contributed by atoms with Crippen molar-refractivity contribution in [1.29, 1.82) is 0 Å². The van der Waals surface area contributed by atoms with E-state index in [-0.39, 0.29) is 51.9 Å². The van der Waals surface area contributed by atoms with Crippen LogP contribution in [0.2, 0.25) is 0 Å². The molecule has 1 atom stereocenters. The fourth-order valence-electron chi connectivity index (χ4n) is 9.90. The number of ether oxygens (including phenoxy) is 1. The van der Waals surface area contributed by atoms with Gasteiger partial charge in [0.25, 0.3) is 0 Å². The Morgan fingerprint density at radius 3 is 2.07 bits per heavy atom. The van der Waals surface area contributed by atoms with Gasteiger partial charge >= 0.3 is 6.03 Å². The zero-order valence-electron chi connectivity index (χ0n) is 45.9. The van der Waals surface area contributed by atoms with Crippen LogP contribution >= 0.6 is 11.3 Å². The summed E-state index contributed by atoms with van der Waals surface area (Å²) in [7, 11) is 5.19. The summed E-state index contributed by atoms with van der Waals surface area (Å²) in [4.78, 5) is 74.1. The minimum absolute atomic E-state index is 0.0554. The van der Waals surface area contributed by atoms with Crippen molar-refractivity contribution in [1.82, 2.24) is 14.9 Å². The Kier molecular flexibility index (Phi) is 25.8. The Morgan fingerprint density at radius 2 is 1.50 bits per heavy atom. The predicted molar refractivity (Wildman–Crippen MR) is 301 cm³/mol. The second-order valence-electron chi connectivity index (χ2n) is 19.6. The van der Waals surface area contributed by atoms with Crippen molar-refractivity contribution in [3.63, 3.8) is 0 Å². The van der Waals surface area contributed by atoms with Gasteiger partial charge in [0.2, 0.25) is 12.8 Å². The number of anilines is 3. The van der Waals surface area contributed by atoms with E-state index in [0.717, 1.165) is 117 Å². The first-order valence-electron chi connectivity index (χ1n) is 25.4. The van der Waals surface area contributed by atoms with E-state index in [1.807, 2.05) is 60.4 Å². The maximum atomic E-state index is 14.9. The number of rotatable bonds is 17. The van der Waals surface area contributed by atoms with Crippen molar-refractivity contribution in [2.75, 3.05) is 63.5 Å². The zero-order valence-corrected chi connectivity index (χ0v) is 46.7. The second-order valence-corrected chi connectivity index (χ2v) is 20.7. The van der Waals surface area contributed by atoms with E-state index in [2.05, 4.69) is 88.4 Å². The molecule has 4 aromatic carbocycles. The number of likely N-dealkylation sites (tertiary alicyclic amines) is 2. The molecule has 4 N–H and O–H groups in total. The molecule has 7 rings (SSSR count). The summed E-state index contributed by atoms with van der Waals surface area (Å²) >= 11 is 1.03. The van der Waals surface area contributed by atoms with E-state index >= 15 is 0 Å². The van der Waals surface area contributed by atoms with Crippen molar-refractivity contribution in [2.45, 2.75) is 122 Å². The van der Waals surface area contributed by atoms with Crippen molar-refractivity contribution in [3.05, 3.63) is 106 Å². The van der Waals surface area contributed by atoms with Crippen molar-refractivity contribution >= 4 is 76.9 Å². The van der Waals surface area contributed by atoms with Crippen LogP contribution < -0.4 is 20.3 Å². The van der Waals surface area contributed by atoms with Crippen LogP contribution in [-0.2, 0) is 25.6 Å². The van der Waals surface area contributed by atoms with Crippen LogP contribution in [0.3, 0.4) is 0 Å². The lowest BCUT2D eigenvalue weighted by atomic mass is 9.77. The number of aryl methyl sites for hydroxylation is 2. The summed E-state index contributed by atoms with van der Waals surface area (Å²) < 4.78 is 30.9. The Labute approximate surface area is 451 Å². The maximum Gasteiger partial charge on any atom is 0.321 e. The molecule has 0 spiro atoms. The molecule has 0 bridgehead atoms. The summed E-state index contributed by atoms with van der Waals surface area (Å²) in [6, 6.07) is 25.6. The van der Waals surface area contributed by atoms with E-state index in [1.54, 1.807) is 11.0 Å². The third-order valence-electron chi connectivity index (χ3n) is 13.7. The van der Waals surface area contributed by atoms with Crippen molar-refractivity contribution in [3.8, 4) is 16.2 Å². The fraction of sp³-hybridized carbons (Fsp3) is 0.448. The number of carbonyl (C=O) groups is 6. The van der Waals surface area contributed by atoms with E-state index in [1.165, 1.54) is 11.1 Å². The van der Waals surface area contributed by atoms with Crippen LogP contribution in [0.15, 0.2) is 78.9 Å². The lowest BCUT2D eigenvalue weighted by Crippen LogP contribution is -2.61. The summed E-state index contributed by atoms with van der Waals surface area (Å²) in [6.45, 7) is 16.2. The topological polar surface area (TPSA) is 189 Å². The number of amides is 4. The van der Waals surface area contributed by atoms with Gasteiger partial charge in [-0.3, -0.25) is 24.1 Å². The molecule has 15 nitrogen and oxygen atoms in total. The van der Waals surface area contributed by atoms with Gasteiger partial charge in [-0.1, -0.05) is 73.3 Å². The number of benzene rings is 4. The van der Waals surface area contributed by atoms with Gasteiger partial charge in [-0.25, -0.2) is 9.18 Å². The number of hydrogen-bond donors (Lipinski definition) is 4. The first-order chi connectivity index (χ1) is 36.4. The van der Waals surface area contributed by atoms with Gasteiger partial charge in [0.1, 0.15) is 17.8 Å². The summed E-state index contributed by atoms with van der Waals surface area (Å²) in [6.07, 6.45) is 8.91. The number of thiophene rings is 1. The van der Waals surface area contributed by atoms with Gasteiger partial charge in [-0.2, -0.15) is 5.12 Å². The number of aliphatic hydroxyl groups excluding tert-OH is 2. The number of urea groups is 1. The lowest BCUT2D eigenvalue weighted by Gasteiger charge is -2.54. The number of halogens is 2. The smallest absolute Gasteiger partial charge is 0.321 e. The molecule has 414 valence electrons. The Morgan fingerprint density at radius 1 is 0.882 bits per heavy atom. The van der Waals surface area contributed by atoms with Crippen LogP contribution in [0.5, 0.6) is 5.75 Å². The van der Waals surface area contributed by atoms with Crippen LogP contribution in [0, 0.1) is 12.7 Å². The minimum Gasteiger partial charge on any atom is -0.481 e. The third kappa shape index (κ3) is 16.7. The van der Waals surface area contributed by atoms with Gasteiger partial charge in [0.05, 0.1) is 16.6 Å². The average molecular weight is 1070 g/mol. The third-order valence-corrected chi connectivity index (χ3v) is 14.9. The number of carbonyl (C=O) groups excluding carboxylic acids is 6. The monoisotopic (exact) mass is 1070 g/mol. The van der Waals surface area contributed by atoms with Gasteiger partial charge in [-0.05, 0) is 144 Å². The maximum absolute atomic E-state index is 14.9. The number of piperidine rings is 2. The first kappa shape index (κ1) is 63.7. The molecule has 2 fully saturated rings. The number of hydrogen-bond acceptors (Lipinski definition) is 12. The molecule has 3 heterocycles. The number of nitrogens with zero attached hydrogens (tertiary/aromatic N) is 4. The Hall–Kier alpha value is -6.60. The predicted octanol–water partition coefficient (Wildman–Crippen LogP) is 10.6. The van der Waals surface area contributed by atoms with E-state index in [9.17, 15) is 32.8 Å². The highest BCUT2D eigenvalue weighted by molar-refractivity contribution is 7.17. The van der Waals surface area contributed by atoms with Crippen LogP contribution in [-0.4, -0.2) is 134 Å². The van der Waals surface area contributed by atoms with E-state index < -0.39 is 11.9 Å². The minimum atomic E-state index is -0.609. The summed E-state index contributed by atoms with van der Waals surface area (Å²) in [5.41, 5.74) is 6.81. The molecule has 2 aliphatic heterocycles. The highest BCUT2D eigenvalue weighted by atomic mass is 32.1. The molecule has 1 aromatic heterocycles. The van der Waals surface area contributed by atoms with Crippen molar-refractivity contribution in [2.24, 2.45) is 0 Å². The molecule has 5 aromatic rings. The molecule has 1 unspecified atom stereocenters. The number of aliphatic hydroxyl groups is 2. The standard InChI is InChI=1S/C31H37N3O3.C23H29FN2O3S.C2H4FNO.2CH4O/c1-4-8-26(20-35)34(21-36)29-14-13-27(28-12-6-9-22(3)30(28)29)24-15-17-33(18-16-24)31(37)32-25-11-7-10-23(5-2)19-25;1-22(2)12-17(13-23(3,4)26(22)5)25-16-8-6-7-15(11-16)21-19(24)20(29-10-9-27)18(14-28)30-21;1-4(3)2-5;2*1-2/h6-7,9-14,19-21,24,26H,4-5,8,15-18H2,1-3H3,(H,32,37);6-9,11,14,17,25H,10,12-13H2,1-5H3;2H,1H3;2*2H,1H3. The van der Waals surface area contributed by atoms with Gasteiger partial charge in [-0.15, -0.1) is 11.3 Å². The molecule has 2 aliphatic rings. The molecule has 4 amide bonds. The first-order valence-corrected chi connectivity index (χ1v) is 26.2. The fourth-order valence-corrected chi connectivity index (χ4v) is 10.8. The zero-order chi connectivity index (χ0) is 56.8. The van der Waals surface area contributed by atoms with Crippen LogP contribution in [0.4, 0.5) is 30.7 Å². The summed E-state index contributed by atoms with van der Waals surface area (Å²) in [5, 5.41) is 22.8. The highest BCUT2D eigenvalue weighted by Gasteiger charge is 2.43. The molecule has 0 aliphatic carbocycles. The molecule has 0 saturated carbocycles. The van der Waals surface area contributed by atoms with Crippen LogP contribution in [0.1, 0.15) is 112 Å². The number of fused-ring (bicyclic) bond motifs is 1. The van der Waals surface area contributed by atoms with Crippen molar-refractivity contribution < 1.29 is 52.6 Å². The van der Waals surface area contributed by atoms with Crippen LogP contribution in [0.25, 0.3) is 21.2 Å². The molecular weight excluding hydrogens is 995 g/mol. The number of nitrogens with one attached hydrogen (secondary N) is 2. The van der Waals surface area contributed by atoms with E-state index in [0.29, 0.717) is 48.4 Å². The molecule has 18 heteroatoms. The molecule has 0 radical (unpaired) electrons. The SMILES string of the molecule is CCCC(C=O)N(C=O)c1ccc(C2CCN(C(=O)Nc3cccc(CC)c3)CC2)c2cccc(C)c12.CN(F)C=O.CN1C(C)(C)CC(Nc2cccc(-c3sc(C=O)c(OCC=O)c3F)c2)CC1(C)C.CO.CO. The molecule has 2 saturated heterocycles.